The molecular weight excluding hydrogens is 326 g/mol. The van der Waals surface area contributed by atoms with Crippen LogP contribution in [0.1, 0.15) is 24.5 Å². The largest absolute Gasteiger partial charge is 0.331 e. The summed E-state index contributed by atoms with van der Waals surface area (Å²) in [6.07, 6.45) is 3.03. The number of thiocarbonyl (C=S) groups is 1. The van der Waals surface area contributed by atoms with Gasteiger partial charge in [0.05, 0.1) is 5.70 Å². The van der Waals surface area contributed by atoms with Crippen LogP contribution in [-0.2, 0) is 0 Å². The summed E-state index contributed by atoms with van der Waals surface area (Å²) in [5.74, 6) is 0. The minimum Gasteiger partial charge on any atom is -0.331 e. The van der Waals surface area contributed by atoms with Crippen LogP contribution in [0.5, 0.6) is 0 Å². The van der Waals surface area contributed by atoms with Crippen molar-refractivity contribution in [1.82, 2.24) is 10.9 Å². The molecule has 0 aromatic heterocycles. The van der Waals surface area contributed by atoms with Gasteiger partial charge in [0.15, 0.2) is 5.11 Å². The summed E-state index contributed by atoms with van der Waals surface area (Å²) < 4.78 is 0. The van der Waals surface area contributed by atoms with Crippen LogP contribution in [0.4, 0.5) is 5.69 Å². The first kappa shape index (κ1) is 17.3. The highest BCUT2D eigenvalue weighted by Crippen LogP contribution is 2.22. The molecule has 0 amide bonds. The molecule has 3 N–H and O–H groups in total. The quantitative estimate of drug-likeness (QED) is 0.532. The van der Waals surface area contributed by atoms with E-state index < -0.39 is 0 Å². The van der Waals surface area contributed by atoms with E-state index in [1.807, 2.05) is 55.5 Å². The first-order valence-corrected chi connectivity index (χ1v) is 8.24. The topological polar surface area (TPSA) is 36.1 Å². The Hall–Kier alpha value is -2.04. The second kappa shape index (κ2) is 8.56. The average molecular weight is 346 g/mol. The second-order valence-corrected chi connectivity index (χ2v) is 5.82. The number of hydrogen-bond acceptors (Lipinski definition) is 2. The van der Waals surface area contributed by atoms with Crippen LogP contribution >= 0.6 is 23.8 Å². The van der Waals surface area contributed by atoms with Crippen LogP contribution in [-0.4, -0.2) is 5.11 Å². The third-order valence-corrected chi connectivity index (χ3v) is 3.93. The fourth-order valence-electron chi connectivity index (χ4n) is 2.08. The maximum atomic E-state index is 6.12. The van der Waals surface area contributed by atoms with Crippen molar-refractivity contribution in [3.05, 3.63) is 70.8 Å². The van der Waals surface area contributed by atoms with Gasteiger partial charge in [0.25, 0.3) is 0 Å². The normalized spacial score (nSPS) is 11.0. The Balaban J connectivity index is 2.00. The van der Waals surface area contributed by atoms with E-state index in [1.54, 1.807) is 0 Å². The Morgan fingerprint density at radius 3 is 2.52 bits per heavy atom. The molecule has 0 saturated heterocycles. The molecule has 0 radical (unpaired) electrons. The van der Waals surface area contributed by atoms with E-state index in [4.69, 9.17) is 23.8 Å². The van der Waals surface area contributed by atoms with Gasteiger partial charge in [-0.15, -0.1) is 0 Å². The van der Waals surface area contributed by atoms with Crippen molar-refractivity contribution in [3.8, 4) is 0 Å². The van der Waals surface area contributed by atoms with Crippen molar-refractivity contribution in [2.45, 2.75) is 20.3 Å². The Morgan fingerprint density at radius 1 is 1.09 bits per heavy atom. The van der Waals surface area contributed by atoms with Crippen molar-refractivity contribution < 1.29 is 0 Å². The highest BCUT2D eigenvalue weighted by atomic mass is 35.5. The first-order chi connectivity index (χ1) is 11.1. The summed E-state index contributed by atoms with van der Waals surface area (Å²) in [6.45, 7) is 4.05. The highest BCUT2D eigenvalue weighted by molar-refractivity contribution is 7.80. The molecule has 2 aromatic carbocycles. The zero-order valence-electron chi connectivity index (χ0n) is 13.2. The molecule has 23 heavy (non-hydrogen) atoms. The summed E-state index contributed by atoms with van der Waals surface area (Å²) in [6, 6.07) is 15.8. The van der Waals surface area contributed by atoms with Crippen molar-refractivity contribution in [1.29, 1.82) is 0 Å². The van der Waals surface area contributed by atoms with Crippen LogP contribution < -0.4 is 16.2 Å². The predicted molar refractivity (Wildman–Crippen MR) is 103 cm³/mol. The molecular formula is C18H20ClN3S. The summed E-state index contributed by atoms with van der Waals surface area (Å²) in [5.41, 5.74) is 10.1. The molecule has 0 unspecified atom stereocenters. The lowest BCUT2D eigenvalue weighted by Crippen LogP contribution is -2.39. The summed E-state index contributed by atoms with van der Waals surface area (Å²) in [5, 5.41) is 4.34. The van der Waals surface area contributed by atoms with Gasteiger partial charge in [-0.3, -0.25) is 10.9 Å². The minimum absolute atomic E-state index is 0.480. The zero-order chi connectivity index (χ0) is 16.7. The lowest BCUT2D eigenvalue weighted by atomic mass is 10.1. The molecule has 120 valence electrons. The molecule has 0 fully saturated rings. The van der Waals surface area contributed by atoms with Crippen molar-refractivity contribution in [3.63, 3.8) is 0 Å². The van der Waals surface area contributed by atoms with Gasteiger partial charge in [-0.2, -0.15) is 0 Å². The number of allylic oxidation sites excluding steroid dienone is 1. The molecule has 5 heteroatoms. The van der Waals surface area contributed by atoms with E-state index in [0.717, 1.165) is 28.9 Å². The van der Waals surface area contributed by atoms with E-state index >= 15 is 0 Å². The Kier molecular flexibility index (Phi) is 6.44. The number of rotatable bonds is 5. The maximum absolute atomic E-state index is 6.12. The van der Waals surface area contributed by atoms with E-state index in [1.165, 1.54) is 0 Å². The van der Waals surface area contributed by atoms with E-state index in [0.29, 0.717) is 10.1 Å². The number of hydrogen-bond donors (Lipinski definition) is 3. The molecule has 0 spiro atoms. The molecule has 3 nitrogen and oxygen atoms in total. The molecule has 0 aliphatic rings. The molecule has 2 rings (SSSR count). The monoisotopic (exact) mass is 345 g/mol. The SMILES string of the molecule is CC/C=C(\NNC(=S)Nc1cccc(Cl)c1C)c1ccccc1. The summed E-state index contributed by atoms with van der Waals surface area (Å²) in [4.78, 5) is 0. The third-order valence-electron chi connectivity index (χ3n) is 3.32. The second-order valence-electron chi connectivity index (χ2n) is 5.01. The lowest BCUT2D eigenvalue weighted by Gasteiger charge is -2.16. The summed E-state index contributed by atoms with van der Waals surface area (Å²) >= 11 is 11.5. The van der Waals surface area contributed by atoms with Crippen LogP contribution in [0.2, 0.25) is 5.02 Å². The predicted octanol–water partition coefficient (Wildman–Crippen LogP) is 4.89. The molecule has 0 atom stereocenters. The Morgan fingerprint density at radius 2 is 1.83 bits per heavy atom. The van der Waals surface area contributed by atoms with Gasteiger partial charge < -0.3 is 5.32 Å². The lowest BCUT2D eigenvalue weighted by molar-refractivity contribution is 0.844. The zero-order valence-corrected chi connectivity index (χ0v) is 14.8. The van der Waals surface area contributed by atoms with Gasteiger partial charge in [0.1, 0.15) is 0 Å². The molecule has 0 aliphatic heterocycles. The van der Waals surface area contributed by atoms with Gasteiger partial charge in [0.2, 0.25) is 0 Å². The minimum atomic E-state index is 0.480. The average Bonchev–Trinajstić information content (AvgIpc) is 2.56. The van der Waals surface area contributed by atoms with Crippen molar-refractivity contribution in [2.24, 2.45) is 0 Å². The van der Waals surface area contributed by atoms with E-state index in [2.05, 4.69) is 29.2 Å². The van der Waals surface area contributed by atoms with E-state index in [9.17, 15) is 0 Å². The van der Waals surface area contributed by atoms with Gasteiger partial charge in [0, 0.05) is 10.7 Å². The number of benzene rings is 2. The van der Waals surface area contributed by atoms with Crippen LogP contribution in [0.15, 0.2) is 54.6 Å². The maximum Gasteiger partial charge on any atom is 0.189 e. The molecule has 0 bridgehead atoms. The van der Waals surface area contributed by atoms with Gasteiger partial charge in [-0.25, -0.2) is 0 Å². The number of nitrogens with one attached hydrogen (secondary N) is 3. The summed E-state index contributed by atoms with van der Waals surface area (Å²) in [7, 11) is 0. The van der Waals surface area contributed by atoms with Crippen molar-refractivity contribution in [2.75, 3.05) is 5.32 Å². The van der Waals surface area contributed by atoms with Crippen LogP contribution in [0, 0.1) is 6.92 Å². The van der Waals surface area contributed by atoms with Gasteiger partial charge in [-0.1, -0.05) is 61.0 Å². The Bertz CT molecular complexity index is 699. The third kappa shape index (κ3) is 4.98. The smallest absolute Gasteiger partial charge is 0.189 e. The highest BCUT2D eigenvalue weighted by Gasteiger charge is 2.05. The number of hydrazine groups is 1. The molecule has 2 aromatic rings. The first-order valence-electron chi connectivity index (χ1n) is 7.45. The van der Waals surface area contributed by atoms with Crippen molar-refractivity contribution >= 4 is 40.3 Å². The fraction of sp³-hybridized carbons (Fsp3) is 0.167. The standard InChI is InChI=1S/C18H20ClN3S/c1-3-8-17(14-9-5-4-6-10-14)21-22-18(23)20-16-12-7-11-15(19)13(16)2/h4-12,21H,3H2,1-2H3,(H2,20,22,23)/b17-8-. The molecule has 0 aliphatic carbocycles. The van der Waals surface area contributed by atoms with Gasteiger partial charge in [-0.05, 0) is 48.8 Å². The number of halogens is 1. The fourth-order valence-corrected chi connectivity index (χ4v) is 2.42. The number of anilines is 1. The Labute approximate surface area is 147 Å². The molecule has 0 heterocycles. The van der Waals surface area contributed by atoms with Crippen LogP contribution in [0.25, 0.3) is 5.70 Å². The van der Waals surface area contributed by atoms with E-state index in [-0.39, 0.29) is 0 Å². The van der Waals surface area contributed by atoms with Gasteiger partial charge >= 0.3 is 0 Å². The molecule has 0 saturated carbocycles. The van der Waals surface area contributed by atoms with Crippen LogP contribution in [0.3, 0.4) is 0 Å².